The van der Waals surface area contributed by atoms with Crippen molar-refractivity contribution in [1.29, 1.82) is 0 Å². The van der Waals surface area contributed by atoms with E-state index in [1.165, 1.54) is 7.11 Å². The fourth-order valence-corrected chi connectivity index (χ4v) is 4.50. The topological polar surface area (TPSA) is 114 Å². The molecule has 0 aromatic heterocycles. The Balaban J connectivity index is 1.37. The van der Waals surface area contributed by atoms with Crippen molar-refractivity contribution in [1.82, 2.24) is 10.6 Å². The summed E-state index contributed by atoms with van der Waals surface area (Å²) in [4.78, 5) is 36.4. The lowest BCUT2D eigenvalue weighted by Gasteiger charge is -2.28. The average molecular weight is 453 g/mol. The van der Waals surface area contributed by atoms with Crippen LogP contribution < -0.4 is 10.6 Å². The van der Waals surface area contributed by atoms with Crippen LogP contribution in [0.5, 0.6) is 0 Å². The van der Waals surface area contributed by atoms with Crippen LogP contribution in [0.25, 0.3) is 11.1 Å². The normalized spacial score (nSPS) is 20.2. The van der Waals surface area contributed by atoms with Crippen molar-refractivity contribution in [2.24, 2.45) is 11.8 Å². The van der Waals surface area contributed by atoms with E-state index in [2.05, 4.69) is 22.8 Å². The molecule has 2 aromatic carbocycles. The highest BCUT2D eigenvalue weighted by Gasteiger charge is 2.44. The van der Waals surface area contributed by atoms with E-state index in [1.807, 2.05) is 36.4 Å². The number of aliphatic carboxylic acids is 1. The highest BCUT2D eigenvalue weighted by atomic mass is 16.5. The third kappa shape index (κ3) is 4.71. The lowest BCUT2D eigenvalue weighted by atomic mass is 9.98. The summed E-state index contributed by atoms with van der Waals surface area (Å²) < 4.78 is 10.7. The van der Waals surface area contributed by atoms with Crippen LogP contribution in [0.1, 0.15) is 30.4 Å². The predicted molar refractivity (Wildman–Crippen MR) is 121 cm³/mol. The molecule has 0 saturated heterocycles. The van der Waals surface area contributed by atoms with Crippen LogP contribution >= 0.6 is 0 Å². The van der Waals surface area contributed by atoms with Crippen LogP contribution in [-0.4, -0.2) is 55.5 Å². The van der Waals surface area contributed by atoms with Gasteiger partial charge in [-0.3, -0.25) is 9.59 Å². The molecular weight excluding hydrogens is 424 g/mol. The molecule has 0 bridgehead atoms. The lowest BCUT2D eigenvalue weighted by Crippen LogP contribution is -2.60. The molecule has 33 heavy (non-hydrogen) atoms. The average Bonchev–Trinajstić information content (AvgIpc) is 3.52. The maximum absolute atomic E-state index is 12.8. The molecule has 0 spiro atoms. The minimum atomic E-state index is -1.36. The second-order valence-electron chi connectivity index (χ2n) is 8.87. The van der Waals surface area contributed by atoms with E-state index < -0.39 is 29.4 Å². The summed E-state index contributed by atoms with van der Waals surface area (Å²) >= 11 is 0. The fraction of sp³-hybridized carbons (Fsp3) is 0.400. The number of hydrogen-bond acceptors (Lipinski definition) is 5. The van der Waals surface area contributed by atoms with Gasteiger partial charge in [-0.1, -0.05) is 48.5 Å². The van der Waals surface area contributed by atoms with Gasteiger partial charge in [0.1, 0.15) is 12.1 Å². The van der Waals surface area contributed by atoms with Crippen LogP contribution in [0.4, 0.5) is 4.79 Å². The summed E-state index contributed by atoms with van der Waals surface area (Å²) in [7, 11) is 1.44. The Labute approximate surface area is 192 Å². The van der Waals surface area contributed by atoms with Crippen molar-refractivity contribution in [2.75, 3.05) is 26.9 Å². The molecule has 1 saturated carbocycles. The highest BCUT2D eigenvalue weighted by molar-refractivity contribution is 5.90. The van der Waals surface area contributed by atoms with E-state index in [9.17, 15) is 14.4 Å². The third-order valence-corrected chi connectivity index (χ3v) is 6.42. The van der Waals surface area contributed by atoms with Gasteiger partial charge in [0.25, 0.3) is 0 Å². The fourth-order valence-electron chi connectivity index (χ4n) is 4.50. The summed E-state index contributed by atoms with van der Waals surface area (Å²) in [6, 6.07) is 16.1. The number of benzene rings is 2. The van der Waals surface area contributed by atoms with Crippen LogP contribution in [0.15, 0.2) is 48.5 Å². The quantitative estimate of drug-likeness (QED) is 0.539. The van der Waals surface area contributed by atoms with Crippen molar-refractivity contribution in [3.05, 3.63) is 59.7 Å². The number of carboxylic acids is 1. The van der Waals surface area contributed by atoms with Gasteiger partial charge in [-0.05, 0) is 41.5 Å². The molecular formula is C25H28N2O6. The molecule has 0 aliphatic heterocycles. The minimum Gasteiger partial charge on any atom is -0.481 e. The minimum absolute atomic E-state index is 0.0595. The first kappa shape index (κ1) is 22.8. The van der Waals surface area contributed by atoms with Crippen molar-refractivity contribution < 1.29 is 29.0 Å². The van der Waals surface area contributed by atoms with Crippen LogP contribution in [0.3, 0.4) is 0 Å². The Bertz CT molecular complexity index is 1020. The predicted octanol–water partition coefficient (Wildman–Crippen LogP) is 2.77. The Morgan fingerprint density at radius 2 is 1.67 bits per heavy atom. The van der Waals surface area contributed by atoms with E-state index in [1.54, 1.807) is 6.92 Å². The van der Waals surface area contributed by atoms with E-state index >= 15 is 0 Å². The Morgan fingerprint density at radius 3 is 2.21 bits per heavy atom. The van der Waals surface area contributed by atoms with Crippen LogP contribution in [0.2, 0.25) is 0 Å². The van der Waals surface area contributed by atoms with Gasteiger partial charge >= 0.3 is 12.1 Å². The number of ether oxygens (including phenoxy) is 2. The molecule has 2 aliphatic carbocycles. The molecule has 8 nitrogen and oxygen atoms in total. The van der Waals surface area contributed by atoms with Gasteiger partial charge < -0.3 is 25.2 Å². The Kier molecular flexibility index (Phi) is 6.37. The first-order valence-corrected chi connectivity index (χ1v) is 11.0. The number of hydrogen-bond donors (Lipinski definition) is 3. The lowest BCUT2D eigenvalue weighted by molar-refractivity contribution is -0.139. The molecule has 4 rings (SSSR count). The van der Waals surface area contributed by atoms with Crippen molar-refractivity contribution in [3.8, 4) is 11.1 Å². The number of carboxylic acid groups (broad SMARTS) is 1. The van der Waals surface area contributed by atoms with E-state index in [-0.39, 0.29) is 31.6 Å². The smallest absolute Gasteiger partial charge is 0.408 e. The van der Waals surface area contributed by atoms with Crippen LogP contribution in [0, 0.1) is 11.8 Å². The number of methoxy groups -OCH3 is 1. The molecule has 0 radical (unpaired) electrons. The molecule has 2 aromatic rings. The molecule has 0 heterocycles. The zero-order chi connectivity index (χ0) is 23.6. The number of amides is 2. The first-order chi connectivity index (χ1) is 15.8. The van der Waals surface area contributed by atoms with Gasteiger partial charge in [-0.15, -0.1) is 0 Å². The first-order valence-electron chi connectivity index (χ1n) is 11.0. The molecule has 3 N–H and O–H groups in total. The zero-order valence-corrected chi connectivity index (χ0v) is 18.7. The molecule has 8 heteroatoms. The van der Waals surface area contributed by atoms with Gasteiger partial charge in [-0.25, -0.2) is 4.79 Å². The summed E-state index contributed by atoms with van der Waals surface area (Å²) in [6.07, 6.45) is -0.183. The number of alkyl carbamates (subject to hydrolysis) is 1. The van der Waals surface area contributed by atoms with Gasteiger partial charge in [0.05, 0.1) is 12.5 Å². The van der Waals surface area contributed by atoms with Crippen molar-refractivity contribution in [3.63, 3.8) is 0 Å². The molecule has 1 fully saturated rings. The largest absolute Gasteiger partial charge is 0.481 e. The third-order valence-electron chi connectivity index (χ3n) is 6.42. The SMILES string of the molecule is COCC(C)(NC(=O)OCC1c2ccccc2-c2ccccc21)C(=O)NCC1CC1C(=O)O. The summed E-state index contributed by atoms with van der Waals surface area (Å²) in [5.41, 5.74) is 3.10. The maximum Gasteiger partial charge on any atom is 0.408 e. The summed E-state index contributed by atoms with van der Waals surface area (Å²) in [5, 5.41) is 14.4. The molecule has 2 aliphatic rings. The van der Waals surface area contributed by atoms with Crippen molar-refractivity contribution in [2.45, 2.75) is 24.8 Å². The van der Waals surface area contributed by atoms with E-state index in [0.29, 0.717) is 6.42 Å². The van der Waals surface area contributed by atoms with Gasteiger partial charge in [0.15, 0.2) is 0 Å². The molecule has 3 unspecified atom stereocenters. The van der Waals surface area contributed by atoms with Gasteiger partial charge in [0, 0.05) is 19.6 Å². The van der Waals surface area contributed by atoms with Gasteiger partial charge in [-0.2, -0.15) is 0 Å². The van der Waals surface area contributed by atoms with Gasteiger partial charge in [0.2, 0.25) is 5.91 Å². The summed E-state index contributed by atoms with van der Waals surface area (Å²) in [5.74, 6) is -1.91. The number of carbonyl (C=O) groups is 3. The Hall–Kier alpha value is -3.39. The maximum atomic E-state index is 12.8. The monoisotopic (exact) mass is 452 g/mol. The second kappa shape index (κ2) is 9.23. The number of carbonyl (C=O) groups excluding carboxylic acids is 2. The Morgan fingerprint density at radius 1 is 1.06 bits per heavy atom. The van der Waals surface area contributed by atoms with Crippen LogP contribution in [-0.2, 0) is 19.1 Å². The molecule has 3 atom stereocenters. The van der Waals surface area contributed by atoms with E-state index in [0.717, 1.165) is 22.3 Å². The number of nitrogens with one attached hydrogen (secondary N) is 2. The summed E-state index contributed by atoms with van der Waals surface area (Å²) in [6.45, 7) is 1.86. The van der Waals surface area contributed by atoms with Crippen molar-refractivity contribution >= 4 is 18.0 Å². The standard InChI is InChI=1S/C25H28N2O6/c1-25(14-32-2,23(30)26-12-15-11-20(15)22(28)29)27-24(31)33-13-21-18-9-5-3-7-16(18)17-8-4-6-10-19(17)21/h3-10,15,20-21H,11-14H2,1-2H3,(H,26,30)(H,27,31)(H,28,29). The molecule has 174 valence electrons. The highest BCUT2D eigenvalue weighted by Crippen LogP contribution is 2.44. The second-order valence-corrected chi connectivity index (χ2v) is 8.87. The number of fused-ring (bicyclic) bond motifs is 3. The number of rotatable bonds is 9. The van der Waals surface area contributed by atoms with E-state index in [4.69, 9.17) is 14.6 Å². The molecule has 2 amide bonds. The zero-order valence-electron chi connectivity index (χ0n) is 18.7.